The first-order valence-corrected chi connectivity index (χ1v) is 11.3. The highest BCUT2D eigenvalue weighted by Gasteiger charge is 2.41. The molecule has 3 aromatic heterocycles. The SMILES string of the molecule is Cc1cc([C@@H]2[C@H](c3ccccn3)NC(=S)N2Cc2ccccn2)c(C)n1-c1ccccc1O. The lowest BCUT2D eigenvalue weighted by atomic mass is 9.96. The summed E-state index contributed by atoms with van der Waals surface area (Å²) in [5.41, 5.74) is 5.87. The summed E-state index contributed by atoms with van der Waals surface area (Å²) in [6, 6.07) is 21.3. The highest BCUT2D eigenvalue weighted by Crippen LogP contribution is 2.42. The minimum absolute atomic E-state index is 0.0831. The second-order valence-corrected chi connectivity index (χ2v) is 8.61. The molecule has 1 aromatic carbocycles. The van der Waals surface area contributed by atoms with E-state index < -0.39 is 0 Å². The second kappa shape index (κ2) is 8.67. The van der Waals surface area contributed by atoms with Crippen molar-refractivity contribution in [2.24, 2.45) is 0 Å². The standard InChI is InChI=1S/C26H25N5OS/c1-17-15-20(18(2)31(17)22-11-3-4-12-23(22)32)25-24(21-10-6-8-14-28-21)29-26(33)30(25)16-19-9-5-7-13-27-19/h3-15,24-25,32H,16H2,1-2H3,(H,29,33)/t24-,25+/m0/s1. The summed E-state index contributed by atoms with van der Waals surface area (Å²) in [5, 5.41) is 14.7. The van der Waals surface area contributed by atoms with Crippen LogP contribution >= 0.6 is 12.2 Å². The van der Waals surface area contributed by atoms with E-state index in [2.05, 4.69) is 44.7 Å². The molecule has 0 spiro atoms. The van der Waals surface area contributed by atoms with Crippen molar-refractivity contribution in [3.63, 3.8) is 0 Å². The van der Waals surface area contributed by atoms with Crippen molar-refractivity contribution < 1.29 is 5.11 Å². The maximum absolute atomic E-state index is 10.5. The Bertz CT molecular complexity index is 1290. The number of nitrogens with zero attached hydrogens (tertiary/aromatic N) is 4. The molecule has 1 aliphatic heterocycles. The molecule has 0 amide bonds. The molecule has 1 aliphatic rings. The molecule has 33 heavy (non-hydrogen) atoms. The summed E-state index contributed by atoms with van der Waals surface area (Å²) in [4.78, 5) is 11.3. The third-order valence-corrected chi connectivity index (χ3v) is 6.52. The molecule has 4 aromatic rings. The summed E-state index contributed by atoms with van der Waals surface area (Å²) >= 11 is 5.80. The van der Waals surface area contributed by atoms with Crippen molar-refractivity contribution in [1.82, 2.24) is 24.8 Å². The number of para-hydroxylation sites is 2. The summed E-state index contributed by atoms with van der Waals surface area (Å²) in [5.74, 6) is 0.248. The van der Waals surface area contributed by atoms with Crippen LogP contribution in [0.1, 0.15) is 40.4 Å². The van der Waals surface area contributed by atoms with Crippen molar-refractivity contribution in [1.29, 1.82) is 0 Å². The van der Waals surface area contributed by atoms with Crippen LogP contribution in [0, 0.1) is 13.8 Å². The minimum Gasteiger partial charge on any atom is -0.506 e. The Labute approximate surface area is 198 Å². The van der Waals surface area contributed by atoms with Crippen LogP contribution < -0.4 is 5.32 Å². The monoisotopic (exact) mass is 455 g/mol. The van der Waals surface area contributed by atoms with Gasteiger partial charge in [0.05, 0.1) is 35.7 Å². The van der Waals surface area contributed by atoms with Gasteiger partial charge in [-0.05, 0) is 74.1 Å². The van der Waals surface area contributed by atoms with Gasteiger partial charge in [0.1, 0.15) is 5.75 Å². The van der Waals surface area contributed by atoms with Crippen molar-refractivity contribution in [2.45, 2.75) is 32.5 Å². The molecule has 166 valence electrons. The van der Waals surface area contributed by atoms with Crippen LogP contribution in [0.2, 0.25) is 0 Å². The highest BCUT2D eigenvalue weighted by atomic mass is 32.1. The van der Waals surface area contributed by atoms with Crippen molar-refractivity contribution in [3.05, 3.63) is 107 Å². The predicted molar refractivity (Wildman–Crippen MR) is 132 cm³/mol. The number of phenols is 1. The van der Waals surface area contributed by atoms with Crippen LogP contribution in [0.4, 0.5) is 0 Å². The minimum atomic E-state index is -0.110. The van der Waals surface area contributed by atoms with Crippen molar-refractivity contribution >= 4 is 17.3 Å². The smallest absolute Gasteiger partial charge is 0.170 e. The zero-order valence-corrected chi connectivity index (χ0v) is 19.3. The quantitative estimate of drug-likeness (QED) is 0.423. The molecule has 7 heteroatoms. The first kappa shape index (κ1) is 21.2. The Morgan fingerprint density at radius 2 is 1.70 bits per heavy atom. The summed E-state index contributed by atoms with van der Waals surface area (Å²) < 4.78 is 2.10. The summed E-state index contributed by atoms with van der Waals surface area (Å²) in [6.07, 6.45) is 3.61. The van der Waals surface area contributed by atoms with Crippen LogP contribution in [-0.2, 0) is 6.54 Å². The molecule has 2 N–H and O–H groups in total. The van der Waals surface area contributed by atoms with Crippen molar-refractivity contribution in [2.75, 3.05) is 0 Å². The van der Waals surface area contributed by atoms with Crippen molar-refractivity contribution in [3.8, 4) is 11.4 Å². The number of pyridine rings is 2. The van der Waals surface area contributed by atoms with Gasteiger partial charge in [0.25, 0.3) is 0 Å². The molecule has 6 nitrogen and oxygen atoms in total. The second-order valence-electron chi connectivity index (χ2n) is 8.23. The summed E-state index contributed by atoms with van der Waals surface area (Å²) in [6.45, 7) is 4.73. The number of phenolic OH excluding ortho intramolecular Hbond substituents is 1. The topological polar surface area (TPSA) is 66.2 Å². The number of hydrogen-bond acceptors (Lipinski definition) is 4. The molecule has 0 unspecified atom stereocenters. The van der Waals surface area contributed by atoms with Crippen LogP contribution in [-0.4, -0.2) is 29.7 Å². The fourth-order valence-electron chi connectivity index (χ4n) is 4.69. The van der Waals surface area contributed by atoms with Gasteiger partial charge in [-0.25, -0.2) is 0 Å². The lowest BCUT2D eigenvalue weighted by Gasteiger charge is -2.28. The van der Waals surface area contributed by atoms with Gasteiger partial charge in [-0.15, -0.1) is 0 Å². The molecular weight excluding hydrogens is 430 g/mol. The van der Waals surface area contributed by atoms with E-state index >= 15 is 0 Å². The number of thiocarbonyl (C=S) groups is 1. The number of hydrogen-bond donors (Lipinski definition) is 2. The highest BCUT2D eigenvalue weighted by molar-refractivity contribution is 7.80. The Morgan fingerprint density at radius 3 is 2.39 bits per heavy atom. The van der Waals surface area contributed by atoms with E-state index in [4.69, 9.17) is 12.2 Å². The number of nitrogens with one attached hydrogen (secondary N) is 1. The zero-order valence-electron chi connectivity index (χ0n) is 18.5. The first-order chi connectivity index (χ1) is 16.0. The van der Waals surface area contributed by atoms with E-state index in [9.17, 15) is 5.11 Å². The van der Waals surface area contributed by atoms with E-state index in [1.807, 2.05) is 60.8 Å². The maximum atomic E-state index is 10.5. The molecule has 2 atom stereocenters. The van der Waals surface area contributed by atoms with Crippen LogP contribution in [0.25, 0.3) is 5.69 Å². The Kier molecular flexibility index (Phi) is 5.56. The fraction of sp³-hybridized carbons (Fsp3) is 0.192. The van der Waals surface area contributed by atoms with Gasteiger partial charge in [-0.1, -0.05) is 24.3 Å². The number of aromatic nitrogens is 3. The predicted octanol–water partition coefficient (Wildman–Crippen LogP) is 4.76. The number of benzene rings is 1. The lowest BCUT2D eigenvalue weighted by Crippen LogP contribution is -2.29. The number of aromatic hydroxyl groups is 1. The lowest BCUT2D eigenvalue weighted by molar-refractivity contribution is 0.307. The van der Waals surface area contributed by atoms with Crippen LogP contribution in [0.3, 0.4) is 0 Å². The Hall–Kier alpha value is -3.71. The zero-order chi connectivity index (χ0) is 22.9. The van der Waals surface area contributed by atoms with E-state index in [1.54, 1.807) is 12.3 Å². The van der Waals surface area contributed by atoms with Crippen LogP contribution in [0.5, 0.6) is 5.75 Å². The van der Waals surface area contributed by atoms with Gasteiger partial charge in [0.2, 0.25) is 0 Å². The van der Waals surface area contributed by atoms with E-state index in [-0.39, 0.29) is 17.8 Å². The van der Waals surface area contributed by atoms with Crippen LogP contribution in [0.15, 0.2) is 79.1 Å². The summed E-state index contributed by atoms with van der Waals surface area (Å²) in [7, 11) is 0. The number of rotatable bonds is 5. The third-order valence-electron chi connectivity index (χ3n) is 6.17. The first-order valence-electron chi connectivity index (χ1n) is 10.9. The van der Waals surface area contributed by atoms with Gasteiger partial charge in [0.15, 0.2) is 5.11 Å². The molecule has 0 aliphatic carbocycles. The van der Waals surface area contributed by atoms with E-state index in [1.165, 1.54) is 0 Å². The molecule has 0 bridgehead atoms. The third kappa shape index (κ3) is 3.85. The molecule has 0 radical (unpaired) electrons. The average Bonchev–Trinajstić information content (AvgIpc) is 3.30. The maximum Gasteiger partial charge on any atom is 0.170 e. The average molecular weight is 456 g/mol. The fourth-order valence-corrected chi connectivity index (χ4v) is 5.00. The van der Waals surface area contributed by atoms with Gasteiger partial charge in [-0.3, -0.25) is 9.97 Å². The van der Waals surface area contributed by atoms with E-state index in [0.29, 0.717) is 11.7 Å². The van der Waals surface area contributed by atoms with E-state index in [0.717, 1.165) is 34.0 Å². The van der Waals surface area contributed by atoms with Gasteiger partial charge in [0, 0.05) is 23.8 Å². The molecular formula is C26H25N5OS. The Balaban J connectivity index is 1.63. The molecule has 5 rings (SSSR count). The molecule has 4 heterocycles. The molecule has 1 fully saturated rings. The largest absolute Gasteiger partial charge is 0.506 e. The Morgan fingerprint density at radius 1 is 0.970 bits per heavy atom. The molecule has 1 saturated heterocycles. The van der Waals surface area contributed by atoms with Gasteiger partial charge >= 0.3 is 0 Å². The normalized spacial score (nSPS) is 17.9. The molecule has 0 saturated carbocycles. The number of aryl methyl sites for hydroxylation is 1. The van der Waals surface area contributed by atoms with Gasteiger partial charge < -0.3 is 19.9 Å². The van der Waals surface area contributed by atoms with Gasteiger partial charge in [-0.2, -0.15) is 0 Å².